The Bertz CT molecular complexity index is 443. The summed E-state index contributed by atoms with van der Waals surface area (Å²) in [5.74, 6) is 0.740. The van der Waals surface area contributed by atoms with E-state index in [4.69, 9.17) is 0 Å². The molecular weight excluding hydrogens is 213 g/mol. The topological polar surface area (TPSA) is 3.24 Å². The van der Waals surface area contributed by atoms with E-state index < -0.39 is 0 Å². The molecule has 0 spiro atoms. The van der Waals surface area contributed by atoms with Crippen LogP contribution in [-0.4, -0.2) is 24.5 Å². The molecule has 1 aromatic rings. The van der Waals surface area contributed by atoms with Crippen molar-refractivity contribution in [2.24, 2.45) is 5.92 Å². The molecule has 1 saturated heterocycles. The minimum Gasteiger partial charge on any atom is -0.302 e. The first-order valence-corrected chi connectivity index (χ1v) is 6.65. The first kappa shape index (κ1) is 11.2. The molecule has 2 atom stereocenters. The molecule has 2 fully saturated rings. The summed E-state index contributed by atoms with van der Waals surface area (Å²) in [6.45, 7) is 7.73. The van der Waals surface area contributed by atoms with Gasteiger partial charge in [-0.2, -0.15) is 0 Å². The van der Waals surface area contributed by atoms with Crippen LogP contribution >= 0.6 is 0 Å². The molecule has 0 aromatic heterocycles. The maximum Gasteiger partial charge on any atom is 0.126 e. The fourth-order valence-corrected chi connectivity index (χ4v) is 3.47. The van der Waals surface area contributed by atoms with Crippen molar-refractivity contribution in [3.63, 3.8) is 0 Å². The van der Waals surface area contributed by atoms with E-state index in [2.05, 4.69) is 17.9 Å². The first-order chi connectivity index (χ1) is 8.15. The molecule has 3 rings (SSSR count). The summed E-state index contributed by atoms with van der Waals surface area (Å²) in [6, 6.07) is 5.69. The second kappa shape index (κ2) is 3.81. The number of halogens is 1. The summed E-state index contributed by atoms with van der Waals surface area (Å²) < 4.78 is 13.3. The van der Waals surface area contributed by atoms with E-state index in [1.165, 1.54) is 38.0 Å². The number of aryl methyl sites for hydroxylation is 1. The SMILES string of the molecule is CCCN1CC2CC2(c2ccc(F)c(C)c2)C1. The third-order valence-corrected chi connectivity index (χ3v) is 4.49. The highest BCUT2D eigenvalue weighted by atomic mass is 19.1. The lowest BCUT2D eigenvalue weighted by molar-refractivity contribution is 0.299. The normalized spacial score (nSPS) is 31.6. The summed E-state index contributed by atoms with van der Waals surface area (Å²) in [6.07, 6.45) is 2.53. The molecule has 0 N–H and O–H groups in total. The monoisotopic (exact) mass is 233 g/mol. The summed E-state index contributed by atoms with van der Waals surface area (Å²) in [5.41, 5.74) is 2.52. The number of nitrogens with zero attached hydrogens (tertiary/aromatic N) is 1. The lowest BCUT2D eigenvalue weighted by Crippen LogP contribution is -2.27. The van der Waals surface area contributed by atoms with Gasteiger partial charge in [0.2, 0.25) is 0 Å². The van der Waals surface area contributed by atoms with Crippen molar-refractivity contribution in [2.75, 3.05) is 19.6 Å². The Kier molecular flexibility index (Phi) is 2.51. The minimum atomic E-state index is -0.0780. The Hall–Kier alpha value is -0.890. The smallest absolute Gasteiger partial charge is 0.126 e. The van der Waals surface area contributed by atoms with Gasteiger partial charge in [-0.1, -0.05) is 19.1 Å². The van der Waals surface area contributed by atoms with Gasteiger partial charge in [0.15, 0.2) is 0 Å². The second-order valence-corrected chi connectivity index (χ2v) is 5.76. The molecule has 1 nitrogen and oxygen atoms in total. The van der Waals surface area contributed by atoms with Gasteiger partial charge in [0.1, 0.15) is 5.82 Å². The van der Waals surface area contributed by atoms with Crippen LogP contribution in [0.25, 0.3) is 0 Å². The number of hydrogen-bond donors (Lipinski definition) is 0. The van der Waals surface area contributed by atoms with Gasteiger partial charge in [-0.3, -0.25) is 0 Å². The number of fused-ring (bicyclic) bond motifs is 1. The van der Waals surface area contributed by atoms with E-state index in [-0.39, 0.29) is 5.82 Å². The van der Waals surface area contributed by atoms with E-state index in [0.29, 0.717) is 5.41 Å². The molecule has 17 heavy (non-hydrogen) atoms. The van der Waals surface area contributed by atoms with Crippen molar-refractivity contribution >= 4 is 0 Å². The summed E-state index contributed by atoms with van der Waals surface area (Å²) in [7, 11) is 0. The third kappa shape index (κ3) is 1.70. The average molecular weight is 233 g/mol. The van der Waals surface area contributed by atoms with Gasteiger partial charge in [-0.05, 0) is 49.4 Å². The van der Waals surface area contributed by atoms with Crippen LogP contribution in [-0.2, 0) is 5.41 Å². The maximum absolute atomic E-state index is 13.3. The molecule has 1 aromatic carbocycles. The van der Waals surface area contributed by atoms with E-state index in [1.807, 2.05) is 13.0 Å². The first-order valence-electron chi connectivity index (χ1n) is 6.65. The van der Waals surface area contributed by atoms with E-state index in [1.54, 1.807) is 6.07 Å². The van der Waals surface area contributed by atoms with Crippen molar-refractivity contribution in [2.45, 2.75) is 32.1 Å². The molecule has 1 aliphatic heterocycles. The fourth-order valence-electron chi connectivity index (χ4n) is 3.47. The van der Waals surface area contributed by atoms with Gasteiger partial charge in [-0.25, -0.2) is 4.39 Å². The average Bonchev–Trinajstić information content (AvgIpc) is 2.87. The van der Waals surface area contributed by atoms with Gasteiger partial charge in [0.25, 0.3) is 0 Å². The van der Waals surface area contributed by atoms with Crippen LogP contribution < -0.4 is 0 Å². The number of rotatable bonds is 3. The predicted octanol–water partition coefficient (Wildman–Crippen LogP) is 3.12. The zero-order chi connectivity index (χ0) is 12.0. The highest BCUT2D eigenvalue weighted by molar-refractivity contribution is 5.39. The minimum absolute atomic E-state index is 0.0780. The molecular formula is C15H20FN. The van der Waals surface area contributed by atoms with Crippen molar-refractivity contribution in [3.05, 3.63) is 35.1 Å². The Morgan fingerprint density at radius 1 is 1.47 bits per heavy atom. The van der Waals surface area contributed by atoms with E-state index in [0.717, 1.165) is 11.5 Å². The molecule has 1 aliphatic carbocycles. The standard InChI is InChI=1S/C15H20FN/c1-3-6-17-9-13-8-15(13,10-17)12-4-5-14(16)11(2)7-12/h4-5,7,13H,3,6,8-10H2,1-2H3. The molecule has 2 heteroatoms. The van der Waals surface area contributed by atoms with Crippen molar-refractivity contribution in [3.8, 4) is 0 Å². The Morgan fingerprint density at radius 3 is 3.00 bits per heavy atom. The molecule has 1 saturated carbocycles. The largest absolute Gasteiger partial charge is 0.302 e. The molecule has 2 aliphatic rings. The molecule has 1 heterocycles. The summed E-state index contributed by atoms with van der Waals surface area (Å²) in [4.78, 5) is 2.56. The van der Waals surface area contributed by atoms with Crippen molar-refractivity contribution in [1.29, 1.82) is 0 Å². The van der Waals surface area contributed by atoms with Crippen LogP contribution in [0.3, 0.4) is 0 Å². The number of likely N-dealkylation sites (tertiary alicyclic amines) is 1. The quantitative estimate of drug-likeness (QED) is 0.775. The fraction of sp³-hybridized carbons (Fsp3) is 0.600. The van der Waals surface area contributed by atoms with Crippen LogP contribution in [0.4, 0.5) is 4.39 Å². The number of piperidine rings is 1. The highest BCUT2D eigenvalue weighted by Crippen LogP contribution is 2.59. The molecule has 0 amide bonds. The Morgan fingerprint density at radius 2 is 2.29 bits per heavy atom. The van der Waals surface area contributed by atoms with E-state index >= 15 is 0 Å². The van der Waals surface area contributed by atoms with Gasteiger partial charge in [0.05, 0.1) is 0 Å². The van der Waals surface area contributed by atoms with Crippen LogP contribution in [0, 0.1) is 18.7 Å². The third-order valence-electron chi connectivity index (χ3n) is 4.49. The summed E-state index contributed by atoms with van der Waals surface area (Å²) >= 11 is 0. The lowest BCUT2D eigenvalue weighted by Gasteiger charge is -2.20. The van der Waals surface area contributed by atoms with Gasteiger partial charge >= 0.3 is 0 Å². The van der Waals surface area contributed by atoms with Gasteiger partial charge < -0.3 is 4.90 Å². The second-order valence-electron chi connectivity index (χ2n) is 5.76. The zero-order valence-electron chi connectivity index (χ0n) is 10.7. The van der Waals surface area contributed by atoms with Crippen LogP contribution in [0.2, 0.25) is 0 Å². The van der Waals surface area contributed by atoms with Crippen molar-refractivity contribution < 1.29 is 4.39 Å². The van der Waals surface area contributed by atoms with Crippen LogP contribution in [0.1, 0.15) is 30.9 Å². The molecule has 0 radical (unpaired) electrons. The maximum atomic E-state index is 13.3. The Labute approximate surface area is 103 Å². The van der Waals surface area contributed by atoms with E-state index in [9.17, 15) is 4.39 Å². The van der Waals surface area contributed by atoms with Crippen LogP contribution in [0.15, 0.2) is 18.2 Å². The van der Waals surface area contributed by atoms with Gasteiger partial charge in [-0.15, -0.1) is 0 Å². The van der Waals surface area contributed by atoms with Crippen LogP contribution in [0.5, 0.6) is 0 Å². The number of hydrogen-bond acceptors (Lipinski definition) is 1. The Balaban J connectivity index is 1.83. The number of benzene rings is 1. The van der Waals surface area contributed by atoms with Gasteiger partial charge in [0, 0.05) is 18.5 Å². The van der Waals surface area contributed by atoms with Crippen molar-refractivity contribution in [1.82, 2.24) is 4.90 Å². The molecule has 2 unspecified atom stereocenters. The summed E-state index contributed by atoms with van der Waals surface area (Å²) in [5, 5.41) is 0. The zero-order valence-corrected chi connectivity index (χ0v) is 10.7. The highest BCUT2D eigenvalue weighted by Gasteiger charge is 2.60. The molecule has 92 valence electrons. The predicted molar refractivity (Wildman–Crippen MR) is 67.7 cm³/mol. The lowest BCUT2D eigenvalue weighted by atomic mass is 9.93. The molecule has 0 bridgehead atoms.